The lowest BCUT2D eigenvalue weighted by Gasteiger charge is -2.40. The molecule has 0 radical (unpaired) electrons. The molecule has 0 bridgehead atoms. The second-order valence-electron chi connectivity index (χ2n) is 8.75. The molecule has 3 aliphatic rings. The number of likely N-dealkylation sites (N-methyl/N-ethyl adjacent to an activating group) is 1. The van der Waals surface area contributed by atoms with Crippen LogP contribution >= 0.6 is 0 Å². The van der Waals surface area contributed by atoms with Crippen LogP contribution in [-0.4, -0.2) is 66.4 Å². The normalized spacial score (nSPS) is 26.4. The Hall–Kier alpha value is -1.53. The van der Waals surface area contributed by atoms with E-state index in [1.165, 1.54) is 25.5 Å². The minimum atomic E-state index is -0.848. The molecule has 1 aromatic carbocycles. The van der Waals surface area contributed by atoms with E-state index in [1.807, 2.05) is 4.90 Å². The SMILES string of the molecule is CN1CCC[C@@H]1CN1CCC2(CC1)CC(=O)N(Cc1ccc(F)c(F)c1)C2. The zero-order chi connectivity index (χ0) is 19.0. The minimum Gasteiger partial charge on any atom is -0.338 e. The molecule has 3 aliphatic heterocycles. The molecular formula is C21H29F2N3O. The van der Waals surface area contributed by atoms with Crippen LogP contribution in [0.5, 0.6) is 0 Å². The van der Waals surface area contributed by atoms with E-state index in [-0.39, 0.29) is 11.3 Å². The van der Waals surface area contributed by atoms with Crippen molar-refractivity contribution in [1.82, 2.24) is 14.7 Å². The highest BCUT2D eigenvalue weighted by atomic mass is 19.2. The van der Waals surface area contributed by atoms with Gasteiger partial charge in [0.15, 0.2) is 11.6 Å². The fourth-order valence-electron chi connectivity index (χ4n) is 5.04. The molecule has 1 atom stereocenters. The summed E-state index contributed by atoms with van der Waals surface area (Å²) in [7, 11) is 2.22. The summed E-state index contributed by atoms with van der Waals surface area (Å²) in [6, 6.07) is 4.58. The van der Waals surface area contributed by atoms with E-state index in [2.05, 4.69) is 16.8 Å². The lowest BCUT2D eigenvalue weighted by atomic mass is 9.77. The molecule has 4 rings (SSSR count). The van der Waals surface area contributed by atoms with Crippen molar-refractivity contribution in [2.24, 2.45) is 5.41 Å². The molecule has 0 aliphatic carbocycles. The maximum Gasteiger partial charge on any atom is 0.223 e. The molecular weight excluding hydrogens is 348 g/mol. The Balaban J connectivity index is 1.33. The van der Waals surface area contributed by atoms with Crippen LogP contribution in [0.2, 0.25) is 0 Å². The molecule has 4 nitrogen and oxygen atoms in total. The van der Waals surface area contributed by atoms with Crippen LogP contribution in [-0.2, 0) is 11.3 Å². The van der Waals surface area contributed by atoms with Crippen molar-refractivity contribution in [2.75, 3.05) is 39.8 Å². The van der Waals surface area contributed by atoms with Gasteiger partial charge < -0.3 is 14.7 Å². The molecule has 1 spiro atoms. The van der Waals surface area contributed by atoms with Gasteiger partial charge in [0.25, 0.3) is 0 Å². The van der Waals surface area contributed by atoms with Crippen LogP contribution in [0, 0.1) is 17.0 Å². The Morgan fingerprint density at radius 1 is 1.15 bits per heavy atom. The lowest BCUT2D eigenvalue weighted by molar-refractivity contribution is -0.128. The smallest absolute Gasteiger partial charge is 0.223 e. The van der Waals surface area contributed by atoms with Crippen LogP contribution in [0.3, 0.4) is 0 Å². The third-order valence-corrected chi connectivity index (χ3v) is 6.82. The standard InChI is InChI=1S/C21H29F2N3O/c1-24-8-2-3-17(24)14-25-9-6-21(7-10-25)12-20(27)26(15-21)13-16-4-5-18(22)19(23)11-16/h4-5,11,17H,2-3,6-10,12-15H2,1H3/t17-/m1/s1. The fourth-order valence-corrected chi connectivity index (χ4v) is 5.04. The molecule has 1 amide bonds. The zero-order valence-corrected chi connectivity index (χ0v) is 16.1. The molecule has 1 aromatic rings. The van der Waals surface area contributed by atoms with Crippen LogP contribution in [0.1, 0.15) is 37.7 Å². The summed E-state index contributed by atoms with van der Waals surface area (Å²) in [5, 5.41) is 0. The summed E-state index contributed by atoms with van der Waals surface area (Å²) < 4.78 is 26.6. The van der Waals surface area contributed by atoms with Crippen molar-refractivity contribution in [3.05, 3.63) is 35.4 Å². The van der Waals surface area contributed by atoms with Gasteiger partial charge >= 0.3 is 0 Å². The molecule has 6 heteroatoms. The van der Waals surface area contributed by atoms with Crippen molar-refractivity contribution < 1.29 is 13.6 Å². The van der Waals surface area contributed by atoms with Crippen molar-refractivity contribution in [3.8, 4) is 0 Å². The topological polar surface area (TPSA) is 26.8 Å². The number of hydrogen-bond acceptors (Lipinski definition) is 3. The zero-order valence-electron chi connectivity index (χ0n) is 16.1. The molecule has 0 saturated carbocycles. The quantitative estimate of drug-likeness (QED) is 0.807. The lowest BCUT2D eigenvalue weighted by Crippen LogP contribution is -2.46. The summed E-state index contributed by atoms with van der Waals surface area (Å²) in [6.45, 7) is 5.55. The Bertz CT molecular complexity index is 703. The highest BCUT2D eigenvalue weighted by Crippen LogP contribution is 2.41. The Labute approximate surface area is 160 Å². The second kappa shape index (κ2) is 7.47. The van der Waals surface area contributed by atoms with Gasteiger partial charge in [0.1, 0.15) is 0 Å². The third-order valence-electron chi connectivity index (χ3n) is 6.82. The van der Waals surface area contributed by atoms with Crippen LogP contribution in [0.4, 0.5) is 8.78 Å². The first kappa shape index (κ1) is 18.8. The number of benzene rings is 1. The molecule has 0 aromatic heterocycles. The van der Waals surface area contributed by atoms with Gasteiger partial charge in [0, 0.05) is 32.1 Å². The van der Waals surface area contributed by atoms with Crippen LogP contribution < -0.4 is 0 Å². The minimum absolute atomic E-state index is 0.0632. The number of piperidine rings is 1. The Kier molecular flexibility index (Phi) is 5.21. The summed E-state index contributed by atoms with van der Waals surface area (Å²) in [4.78, 5) is 19.4. The Morgan fingerprint density at radius 3 is 2.59 bits per heavy atom. The summed E-state index contributed by atoms with van der Waals surface area (Å²) in [5.41, 5.74) is 0.717. The van der Waals surface area contributed by atoms with Gasteiger partial charge in [0.2, 0.25) is 5.91 Å². The van der Waals surface area contributed by atoms with Crippen LogP contribution in [0.15, 0.2) is 18.2 Å². The Morgan fingerprint density at radius 2 is 1.93 bits per heavy atom. The molecule has 148 valence electrons. The van der Waals surface area contributed by atoms with Gasteiger partial charge in [-0.15, -0.1) is 0 Å². The van der Waals surface area contributed by atoms with E-state index in [4.69, 9.17) is 0 Å². The maximum absolute atomic E-state index is 13.4. The number of nitrogens with zero attached hydrogens (tertiary/aromatic N) is 3. The van der Waals surface area contributed by atoms with Crippen LogP contribution in [0.25, 0.3) is 0 Å². The van der Waals surface area contributed by atoms with Gasteiger partial charge in [-0.05, 0) is 75.5 Å². The first-order valence-corrected chi connectivity index (χ1v) is 10.1. The monoisotopic (exact) mass is 377 g/mol. The molecule has 3 heterocycles. The molecule has 3 saturated heterocycles. The average molecular weight is 377 g/mol. The maximum atomic E-state index is 13.4. The van der Waals surface area contributed by atoms with Crippen molar-refractivity contribution in [1.29, 1.82) is 0 Å². The number of carbonyl (C=O) groups is 1. The van der Waals surface area contributed by atoms with E-state index < -0.39 is 11.6 Å². The summed E-state index contributed by atoms with van der Waals surface area (Å²) in [6.07, 6.45) is 5.27. The first-order chi connectivity index (χ1) is 12.9. The number of carbonyl (C=O) groups excluding carboxylic acids is 1. The summed E-state index contributed by atoms with van der Waals surface area (Å²) >= 11 is 0. The number of amides is 1. The van der Waals surface area contributed by atoms with E-state index >= 15 is 0 Å². The first-order valence-electron chi connectivity index (χ1n) is 10.1. The van der Waals surface area contributed by atoms with E-state index in [1.54, 1.807) is 6.07 Å². The largest absolute Gasteiger partial charge is 0.338 e. The number of halogens is 2. The third kappa shape index (κ3) is 4.02. The predicted molar refractivity (Wildman–Crippen MR) is 100 cm³/mol. The fraction of sp³-hybridized carbons (Fsp3) is 0.667. The molecule has 3 fully saturated rings. The van der Waals surface area contributed by atoms with E-state index in [0.717, 1.165) is 45.1 Å². The number of likely N-dealkylation sites (tertiary alicyclic amines) is 3. The number of hydrogen-bond donors (Lipinski definition) is 0. The van der Waals surface area contributed by atoms with Gasteiger partial charge in [-0.3, -0.25) is 4.79 Å². The average Bonchev–Trinajstić information content (AvgIpc) is 3.17. The van der Waals surface area contributed by atoms with Gasteiger partial charge in [-0.2, -0.15) is 0 Å². The molecule has 27 heavy (non-hydrogen) atoms. The molecule has 0 N–H and O–H groups in total. The van der Waals surface area contributed by atoms with Gasteiger partial charge in [0.05, 0.1) is 0 Å². The number of rotatable bonds is 4. The van der Waals surface area contributed by atoms with E-state index in [9.17, 15) is 13.6 Å². The highest BCUT2D eigenvalue weighted by molar-refractivity contribution is 5.79. The van der Waals surface area contributed by atoms with Crippen molar-refractivity contribution in [2.45, 2.75) is 44.7 Å². The van der Waals surface area contributed by atoms with Gasteiger partial charge in [-0.1, -0.05) is 6.07 Å². The van der Waals surface area contributed by atoms with Crippen molar-refractivity contribution in [3.63, 3.8) is 0 Å². The van der Waals surface area contributed by atoms with Gasteiger partial charge in [-0.25, -0.2) is 8.78 Å². The summed E-state index contributed by atoms with van der Waals surface area (Å²) in [5.74, 6) is -1.55. The molecule has 0 unspecified atom stereocenters. The van der Waals surface area contributed by atoms with Crippen molar-refractivity contribution >= 4 is 5.91 Å². The second-order valence-corrected chi connectivity index (χ2v) is 8.75. The predicted octanol–water partition coefficient (Wildman–Crippen LogP) is 2.87. The van der Waals surface area contributed by atoms with E-state index in [0.29, 0.717) is 24.6 Å². The highest BCUT2D eigenvalue weighted by Gasteiger charge is 2.45.